The molecule has 0 heterocycles. The molecule has 0 unspecified atom stereocenters. The summed E-state index contributed by atoms with van der Waals surface area (Å²) in [5.41, 5.74) is 0. The zero-order chi connectivity index (χ0) is 6.41. The molecule has 1 N–H and O–H groups in total. The molecule has 0 bridgehead atoms. The Balaban J connectivity index is 0. The van der Waals surface area contributed by atoms with E-state index in [0.29, 0.717) is 0 Å². The Labute approximate surface area is 102 Å². The van der Waals surface area contributed by atoms with Crippen molar-refractivity contribution in [1.29, 1.82) is 0 Å². The average molecular weight is 174 g/mol. The summed E-state index contributed by atoms with van der Waals surface area (Å²) in [7, 11) is 0. The maximum absolute atomic E-state index is 9.85. The predicted molar refractivity (Wildman–Crippen MR) is 42.4 cm³/mol. The fraction of sp³-hybridized carbons (Fsp3) is 0.800. The molecule has 0 aromatic carbocycles. The molecule has 0 rings (SSSR count). The molecule has 0 fully saturated rings. The van der Waals surface area contributed by atoms with Crippen LogP contribution in [-0.4, -0.2) is 74.0 Å². The number of hydrogen-bond donors (Lipinski definition) is 1. The van der Waals surface area contributed by atoms with Gasteiger partial charge in [0.15, 0.2) is 0 Å². The van der Waals surface area contributed by atoms with Crippen molar-refractivity contribution >= 4 is 69.1 Å². The van der Waals surface area contributed by atoms with Gasteiger partial charge in [-0.25, -0.2) is 0 Å². The van der Waals surface area contributed by atoms with Crippen LogP contribution in [0.3, 0.4) is 0 Å². The summed E-state index contributed by atoms with van der Waals surface area (Å²) in [4.78, 5) is 9.85. The summed E-state index contributed by atoms with van der Waals surface area (Å²) in [6.07, 6.45) is 1.05. The van der Waals surface area contributed by atoms with Gasteiger partial charge in [0, 0.05) is 0 Å². The van der Waals surface area contributed by atoms with Crippen molar-refractivity contribution in [3.05, 3.63) is 0 Å². The molecule has 0 aliphatic rings. The molecule has 0 aliphatic carbocycles. The third-order valence-corrected chi connectivity index (χ3v) is 1.72. The van der Waals surface area contributed by atoms with Gasteiger partial charge >= 0.3 is 57.4 Å². The molecule has 0 atom stereocenters. The Morgan fingerprint density at radius 2 is 2.22 bits per heavy atom. The van der Waals surface area contributed by atoms with Crippen LogP contribution < -0.4 is 0 Å². The number of carboxylic acid groups (broad SMARTS) is 1. The van der Waals surface area contributed by atoms with Crippen LogP contribution in [0.25, 0.3) is 0 Å². The van der Waals surface area contributed by atoms with Crippen molar-refractivity contribution in [3.8, 4) is 0 Å². The van der Waals surface area contributed by atoms with E-state index in [-0.39, 0.29) is 57.1 Å². The molecule has 0 saturated carbocycles. The molecule has 0 aromatic heterocycles. The van der Waals surface area contributed by atoms with Crippen LogP contribution >= 0.6 is 11.8 Å². The van der Waals surface area contributed by atoms with E-state index in [0.717, 1.165) is 12.2 Å². The van der Waals surface area contributed by atoms with Gasteiger partial charge in [0.25, 0.3) is 0 Å². The van der Waals surface area contributed by atoms with E-state index >= 15 is 0 Å². The molecule has 0 amide bonds. The number of rotatable bonds is 4. The van der Waals surface area contributed by atoms with Crippen LogP contribution in [0.4, 0.5) is 0 Å². The number of carboxylic acids is 1. The second-order valence-corrected chi connectivity index (χ2v) is 2.55. The summed E-state index contributed by atoms with van der Waals surface area (Å²) in [6.45, 7) is 2.04. The fourth-order valence-electron chi connectivity index (χ4n) is 0.304. The van der Waals surface area contributed by atoms with Crippen LogP contribution in [0.1, 0.15) is 13.3 Å². The molecule has 0 aliphatic heterocycles. The van der Waals surface area contributed by atoms with Gasteiger partial charge < -0.3 is 5.11 Å². The zero-order valence-electron chi connectivity index (χ0n) is 4.89. The van der Waals surface area contributed by atoms with Gasteiger partial charge in [0.2, 0.25) is 0 Å². The van der Waals surface area contributed by atoms with Gasteiger partial charge in [0.1, 0.15) is 0 Å². The topological polar surface area (TPSA) is 37.3 Å². The van der Waals surface area contributed by atoms with Gasteiger partial charge in [-0.3, -0.25) is 4.79 Å². The molecule has 4 heteroatoms. The monoisotopic (exact) mass is 174 g/mol. The summed E-state index contributed by atoms with van der Waals surface area (Å²) in [5.74, 6) is 0.476. The molecule has 0 saturated heterocycles. The molecule has 0 radical (unpaired) electrons. The van der Waals surface area contributed by atoms with E-state index in [1.807, 2.05) is 6.92 Å². The van der Waals surface area contributed by atoms with E-state index in [1.165, 1.54) is 11.8 Å². The van der Waals surface area contributed by atoms with Gasteiger partial charge in [0.05, 0.1) is 5.75 Å². The second kappa shape index (κ2) is 9.46. The first-order chi connectivity index (χ1) is 3.77. The number of hydrogen-bond acceptors (Lipinski definition) is 2. The summed E-state index contributed by atoms with van der Waals surface area (Å²) in [5, 5.41) is 8.12. The first-order valence-electron chi connectivity index (χ1n) is 2.57. The van der Waals surface area contributed by atoms with Crippen LogP contribution in [-0.2, 0) is 4.79 Å². The normalized spacial score (nSPS) is 8.11. The number of aliphatic carboxylic acids is 1. The van der Waals surface area contributed by atoms with Crippen molar-refractivity contribution in [1.82, 2.24) is 0 Å². The van der Waals surface area contributed by atoms with E-state index in [1.54, 1.807) is 0 Å². The van der Waals surface area contributed by atoms with E-state index in [2.05, 4.69) is 0 Å². The average Bonchev–Trinajstić information content (AvgIpc) is 1.66. The zero-order valence-corrected chi connectivity index (χ0v) is 5.70. The van der Waals surface area contributed by atoms with Crippen molar-refractivity contribution in [3.63, 3.8) is 0 Å². The SMILES string of the molecule is CCCSCC(=O)O.[KH]. The van der Waals surface area contributed by atoms with Crippen molar-refractivity contribution in [2.75, 3.05) is 11.5 Å². The molecule has 0 spiro atoms. The Morgan fingerprint density at radius 3 is 2.56 bits per heavy atom. The third kappa shape index (κ3) is 12.6. The molecule has 9 heavy (non-hydrogen) atoms. The van der Waals surface area contributed by atoms with Crippen molar-refractivity contribution < 1.29 is 9.90 Å². The van der Waals surface area contributed by atoms with Crippen LogP contribution in [0.2, 0.25) is 0 Å². The summed E-state index contributed by atoms with van der Waals surface area (Å²) in [6, 6.07) is 0. The standard InChI is InChI=1S/C5H10O2S.K.H/c1-2-3-8-4-5(6)7;;/h2-4H2,1H3,(H,6,7);;. The maximum atomic E-state index is 9.85. The van der Waals surface area contributed by atoms with Gasteiger partial charge in [-0.2, -0.15) is 11.8 Å². The Hall–Kier alpha value is 1.46. The van der Waals surface area contributed by atoms with Crippen molar-refractivity contribution in [2.24, 2.45) is 0 Å². The second-order valence-electron chi connectivity index (χ2n) is 1.45. The third-order valence-electron chi connectivity index (χ3n) is 0.574. The van der Waals surface area contributed by atoms with Gasteiger partial charge in [-0.1, -0.05) is 6.92 Å². The predicted octanol–water partition coefficient (Wildman–Crippen LogP) is 0.566. The Kier molecular flexibility index (Phi) is 13.7. The van der Waals surface area contributed by atoms with E-state index in [9.17, 15) is 4.79 Å². The van der Waals surface area contributed by atoms with Crippen molar-refractivity contribution in [2.45, 2.75) is 13.3 Å². The summed E-state index contributed by atoms with van der Waals surface area (Å²) < 4.78 is 0. The molecule has 50 valence electrons. The first kappa shape index (κ1) is 13.1. The van der Waals surface area contributed by atoms with Crippen LogP contribution in [0, 0.1) is 0 Å². The number of carbonyl (C=O) groups is 1. The van der Waals surface area contributed by atoms with Gasteiger partial charge in [-0.15, -0.1) is 0 Å². The molecular formula is C5H11KO2S. The quantitative estimate of drug-likeness (QED) is 0.500. The van der Waals surface area contributed by atoms with Crippen LogP contribution in [0.15, 0.2) is 0 Å². The minimum atomic E-state index is -0.719. The first-order valence-corrected chi connectivity index (χ1v) is 3.72. The van der Waals surface area contributed by atoms with Gasteiger partial charge in [-0.05, 0) is 12.2 Å². The number of thioether (sulfide) groups is 1. The van der Waals surface area contributed by atoms with E-state index < -0.39 is 5.97 Å². The molecule has 2 nitrogen and oxygen atoms in total. The molecule has 0 aromatic rings. The Morgan fingerprint density at radius 1 is 1.67 bits per heavy atom. The minimum absolute atomic E-state index is 0. The van der Waals surface area contributed by atoms with E-state index in [4.69, 9.17) is 5.11 Å². The van der Waals surface area contributed by atoms with Crippen LogP contribution in [0.5, 0.6) is 0 Å². The summed E-state index contributed by atoms with van der Waals surface area (Å²) >= 11 is 1.46. The Bertz CT molecular complexity index is 77.4. The molecular weight excluding hydrogens is 163 g/mol. The fourth-order valence-corrected chi connectivity index (χ4v) is 0.911.